The Hall–Kier alpha value is -3.70. The van der Waals surface area contributed by atoms with Crippen LogP contribution in [0.1, 0.15) is 271 Å². The van der Waals surface area contributed by atoms with E-state index in [1.165, 1.54) is 141 Å². The lowest BCUT2D eigenvalue weighted by atomic mass is 10.0. The topological polar surface area (TPSA) is 72.8 Å². The molecule has 0 radical (unpaired) electrons. The van der Waals surface area contributed by atoms with Crippen molar-refractivity contribution in [2.45, 2.75) is 277 Å². The van der Waals surface area contributed by atoms with E-state index in [1.54, 1.807) is 0 Å². The Labute approximate surface area is 445 Å². The van der Waals surface area contributed by atoms with E-state index in [0.29, 0.717) is 12.8 Å². The van der Waals surface area contributed by atoms with Gasteiger partial charge in [-0.25, -0.2) is 0 Å². The molecule has 0 aromatic rings. The third-order valence-electron chi connectivity index (χ3n) is 12.7. The first kappa shape index (κ1) is 68.3. The number of hydrogen-bond acceptors (Lipinski definition) is 5. The number of unbranched alkanes of at least 4 members (excludes halogenated alkanes) is 26. The molecule has 0 aliphatic carbocycles. The SMILES string of the molecule is CC/C=C\C/C=C\C/C=C\C/C=C\C/C=C\C/C=C\C/C=C\C/C=C\CCCCCCCCCCCCCCCCCCC(=O)OC(CO)COC(=O)CCCCCCCCC/C=C\C/C=C\CCCCC. The first-order chi connectivity index (χ1) is 35.6. The van der Waals surface area contributed by atoms with Gasteiger partial charge >= 0.3 is 11.9 Å². The maximum atomic E-state index is 12.3. The summed E-state index contributed by atoms with van der Waals surface area (Å²) in [4.78, 5) is 24.5. The maximum absolute atomic E-state index is 12.3. The lowest BCUT2D eigenvalue weighted by Crippen LogP contribution is -2.28. The van der Waals surface area contributed by atoms with Crippen LogP contribution < -0.4 is 0 Å². The number of aliphatic hydroxyl groups excluding tert-OH is 1. The van der Waals surface area contributed by atoms with Gasteiger partial charge in [0.05, 0.1) is 6.61 Å². The second-order valence-corrected chi connectivity index (χ2v) is 19.7. The minimum atomic E-state index is -0.781. The minimum Gasteiger partial charge on any atom is -0.462 e. The molecule has 0 bridgehead atoms. The molecule has 0 aromatic heterocycles. The summed E-state index contributed by atoms with van der Waals surface area (Å²) in [6, 6.07) is 0. The Kier molecular flexibility index (Phi) is 58.4. The molecule has 410 valence electrons. The van der Waals surface area contributed by atoms with Crippen molar-refractivity contribution < 1.29 is 24.2 Å². The Morgan fingerprint density at radius 2 is 0.597 bits per heavy atom. The van der Waals surface area contributed by atoms with Crippen molar-refractivity contribution in [2.75, 3.05) is 13.2 Å². The lowest BCUT2D eigenvalue weighted by molar-refractivity contribution is -0.161. The largest absolute Gasteiger partial charge is 0.462 e. The number of aliphatic hydroxyl groups is 1. The second-order valence-electron chi connectivity index (χ2n) is 19.7. The van der Waals surface area contributed by atoms with Gasteiger partial charge in [0.2, 0.25) is 0 Å². The van der Waals surface area contributed by atoms with Gasteiger partial charge in [-0.15, -0.1) is 0 Å². The van der Waals surface area contributed by atoms with E-state index < -0.39 is 6.10 Å². The fraction of sp³-hybridized carbons (Fsp3) is 0.672. The molecule has 0 aromatic carbocycles. The normalized spacial score (nSPS) is 13.1. The van der Waals surface area contributed by atoms with Crippen molar-refractivity contribution in [1.82, 2.24) is 0 Å². The predicted octanol–water partition coefficient (Wildman–Crippen LogP) is 20.6. The first-order valence-corrected chi connectivity index (χ1v) is 30.1. The van der Waals surface area contributed by atoms with Crippen molar-refractivity contribution in [3.63, 3.8) is 0 Å². The van der Waals surface area contributed by atoms with Gasteiger partial charge in [0, 0.05) is 12.8 Å². The van der Waals surface area contributed by atoms with E-state index in [9.17, 15) is 14.7 Å². The van der Waals surface area contributed by atoms with E-state index in [1.807, 2.05) is 0 Å². The molecule has 0 amide bonds. The summed E-state index contributed by atoms with van der Waals surface area (Å²) < 4.78 is 10.7. The highest BCUT2D eigenvalue weighted by molar-refractivity contribution is 5.70. The molecule has 1 N–H and O–H groups in total. The van der Waals surface area contributed by atoms with E-state index in [2.05, 4.69) is 135 Å². The van der Waals surface area contributed by atoms with Crippen LogP contribution >= 0.6 is 0 Å². The molecule has 5 heteroatoms. The van der Waals surface area contributed by atoms with Gasteiger partial charge in [0.15, 0.2) is 6.10 Å². The van der Waals surface area contributed by atoms with Gasteiger partial charge in [-0.2, -0.15) is 0 Å². The molecule has 0 aliphatic rings. The number of ether oxygens (including phenoxy) is 2. The lowest BCUT2D eigenvalue weighted by Gasteiger charge is -2.15. The predicted molar refractivity (Wildman–Crippen MR) is 315 cm³/mol. The van der Waals surface area contributed by atoms with Crippen molar-refractivity contribution in [3.8, 4) is 0 Å². The molecule has 0 rings (SSSR count). The van der Waals surface area contributed by atoms with Gasteiger partial charge in [0.1, 0.15) is 6.61 Å². The van der Waals surface area contributed by atoms with E-state index in [-0.39, 0.29) is 25.2 Å². The van der Waals surface area contributed by atoms with Gasteiger partial charge in [0.25, 0.3) is 0 Å². The number of hydrogen-bond donors (Lipinski definition) is 1. The molecular weight excluding hydrogens is 885 g/mol. The zero-order valence-corrected chi connectivity index (χ0v) is 46.9. The van der Waals surface area contributed by atoms with Crippen molar-refractivity contribution in [3.05, 3.63) is 122 Å². The molecule has 1 unspecified atom stereocenters. The summed E-state index contributed by atoms with van der Waals surface area (Å²) in [5.41, 5.74) is 0. The number of carbonyl (C=O) groups is 2. The Morgan fingerprint density at radius 1 is 0.333 bits per heavy atom. The minimum absolute atomic E-state index is 0.0728. The van der Waals surface area contributed by atoms with Crippen LogP contribution in [-0.2, 0) is 19.1 Å². The number of carbonyl (C=O) groups excluding carboxylic acids is 2. The van der Waals surface area contributed by atoms with E-state index in [4.69, 9.17) is 9.47 Å². The summed E-state index contributed by atoms with van der Waals surface area (Å²) in [7, 11) is 0. The summed E-state index contributed by atoms with van der Waals surface area (Å²) in [5.74, 6) is -0.598. The number of allylic oxidation sites excluding steroid dienone is 20. The Morgan fingerprint density at radius 3 is 0.903 bits per heavy atom. The standard InChI is InChI=1S/C67H112O5/c1-3-5-7-9-11-13-15-17-19-21-22-23-24-25-26-27-28-29-30-31-32-33-34-35-36-37-38-39-40-41-42-43-44-46-48-50-52-54-56-58-60-62-67(70)72-65(63-68)64-71-66(69)61-59-57-55-53-51-49-47-45-20-18-16-14-12-10-8-6-4-2/h5,7,11-14,17-20,22-23,25-26,28-29,31-32,34-35,65,68H,3-4,6,8-10,15-16,21,24,27,30,33,36-64H2,1-2H3/b7-5-,13-11-,14-12-,19-17-,20-18-,23-22-,26-25-,29-28-,32-31-,35-34-. The molecule has 1 atom stereocenters. The van der Waals surface area contributed by atoms with Gasteiger partial charge < -0.3 is 14.6 Å². The highest BCUT2D eigenvalue weighted by atomic mass is 16.6. The van der Waals surface area contributed by atoms with Crippen LogP contribution in [0.4, 0.5) is 0 Å². The highest BCUT2D eigenvalue weighted by Gasteiger charge is 2.16. The second kappa shape index (κ2) is 61.6. The quantitative estimate of drug-likeness (QED) is 0.0373. The van der Waals surface area contributed by atoms with Crippen LogP contribution in [0.25, 0.3) is 0 Å². The van der Waals surface area contributed by atoms with Gasteiger partial charge in [-0.3, -0.25) is 9.59 Å². The van der Waals surface area contributed by atoms with Gasteiger partial charge in [-0.05, 0) is 109 Å². The molecule has 0 aliphatic heterocycles. The van der Waals surface area contributed by atoms with Crippen LogP contribution in [-0.4, -0.2) is 36.4 Å². The van der Waals surface area contributed by atoms with E-state index in [0.717, 1.165) is 103 Å². The van der Waals surface area contributed by atoms with Crippen molar-refractivity contribution in [1.29, 1.82) is 0 Å². The highest BCUT2D eigenvalue weighted by Crippen LogP contribution is 2.16. The number of esters is 2. The van der Waals surface area contributed by atoms with Crippen LogP contribution in [0.3, 0.4) is 0 Å². The Balaban J connectivity index is 3.50. The zero-order valence-electron chi connectivity index (χ0n) is 46.9. The monoisotopic (exact) mass is 997 g/mol. The van der Waals surface area contributed by atoms with Crippen LogP contribution in [0, 0.1) is 0 Å². The molecule has 0 saturated heterocycles. The molecular formula is C67H112O5. The van der Waals surface area contributed by atoms with Crippen molar-refractivity contribution in [2.24, 2.45) is 0 Å². The molecule has 0 fully saturated rings. The number of rotatable bonds is 54. The summed E-state index contributed by atoms with van der Waals surface area (Å²) in [6.07, 6.45) is 90.4. The molecule has 5 nitrogen and oxygen atoms in total. The zero-order chi connectivity index (χ0) is 52.0. The molecule has 0 spiro atoms. The molecule has 72 heavy (non-hydrogen) atoms. The maximum Gasteiger partial charge on any atom is 0.306 e. The average Bonchev–Trinajstić information content (AvgIpc) is 3.38. The summed E-state index contributed by atoms with van der Waals surface area (Å²) in [6.45, 7) is 4.00. The van der Waals surface area contributed by atoms with Crippen molar-refractivity contribution >= 4 is 11.9 Å². The van der Waals surface area contributed by atoms with E-state index >= 15 is 0 Å². The third kappa shape index (κ3) is 58.9. The smallest absolute Gasteiger partial charge is 0.306 e. The molecule has 0 heterocycles. The van der Waals surface area contributed by atoms with Gasteiger partial charge in [-0.1, -0.05) is 270 Å². The average molecular weight is 998 g/mol. The van der Waals surface area contributed by atoms with Crippen LogP contribution in [0.15, 0.2) is 122 Å². The summed E-state index contributed by atoms with van der Waals surface area (Å²) in [5, 5.41) is 9.65. The van der Waals surface area contributed by atoms with Crippen LogP contribution in [0.5, 0.6) is 0 Å². The first-order valence-electron chi connectivity index (χ1n) is 30.1. The third-order valence-corrected chi connectivity index (χ3v) is 12.7. The summed E-state index contributed by atoms with van der Waals surface area (Å²) >= 11 is 0. The van der Waals surface area contributed by atoms with Crippen LogP contribution in [0.2, 0.25) is 0 Å². The fourth-order valence-corrected chi connectivity index (χ4v) is 8.25. The Bertz CT molecular complexity index is 1450. The fourth-order valence-electron chi connectivity index (χ4n) is 8.25. The molecule has 0 saturated carbocycles.